The number of fused-ring (bicyclic) bond motifs is 1. The third-order valence-electron chi connectivity index (χ3n) is 4.31. The van der Waals surface area contributed by atoms with Gasteiger partial charge in [0, 0.05) is 17.2 Å². The SMILES string of the molecule is COc1cc(C2N=C(NC#N)Nc3nc(N)c(C#N)c(N)c32)c(Cl)cc1OCC(N)=O. The molecule has 1 aromatic heterocycles. The summed E-state index contributed by atoms with van der Waals surface area (Å²) in [7, 11) is 1.40. The molecule has 158 valence electrons. The Morgan fingerprint density at radius 2 is 2.10 bits per heavy atom. The van der Waals surface area contributed by atoms with Crippen LogP contribution in [0.1, 0.15) is 22.7 Å². The summed E-state index contributed by atoms with van der Waals surface area (Å²) in [6.07, 6.45) is 1.76. The van der Waals surface area contributed by atoms with Gasteiger partial charge < -0.3 is 32.0 Å². The molecule has 12 nitrogen and oxygen atoms in total. The molecule has 2 aromatic rings. The fourth-order valence-corrected chi connectivity index (χ4v) is 3.24. The number of pyridine rings is 1. The lowest BCUT2D eigenvalue weighted by Crippen LogP contribution is -2.32. The zero-order valence-electron chi connectivity index (χ0n) is 16.1. The summed E-state index contributed by atoms with van der Waals surface area (Å²) >= 11 is 6.48. The number of rotatable bonds is 5. The maximum absolute atomic E-state index is 11.0. The molecule has 0 saturated carbocycles. The van der Waals surface area contributed by atoms with Crippen LogP contribution < -0.4 is 37.3 Å². The smallest absolute Gasteiger partial charge is 0.255 e. The summed E-state index contributed by atoms with van der Waals surface area (Å²) in [5.41, 5.74) is 18.0. The minimum atomic E-state index is -0.876. The van der Waals surface area contributed by atoms with E-state index in [0.717, 1.165) is 0 Å². The van der Waals surface area contributed by atoms with E-state index in [1.807, 2.05) is 6.07 Å². The average Bonchev–Trinajstić information content (AvgIpc) is 2.72. The summed E-state index contributed by atoms with van der Waals surface area (Å²) in [5.74, 6) is -0.0530. The van der Waals surface area contributed by atoms with Gasteiger partial charge in [0.1, 0.15) is 29.3 Å². The molecular formula is C18H16ClN9O3. The first kappa shape index (κ1) is 21.3. The normalized spacial score (nSPS) is 14.2. The number of carbonyl (C=O) groups is 1. The Bertz CT molecular complexity index is 1180. The molecule has 1 atom stereocenters. The molecule has 0 bridgehead atoms. The van der Waals surface area contributed by atoms with Crippen molar-refractivity contribution in [2.75, 3.05) is 30.5 Å². The number of halogens is 1. The molecule has 2 heterocycles. The number of amides is 1. The van der Waals surface area contributed by atoms with Crippen LogP contribution in [0.2, 0.25) is 5.02 Å². The molecule has 8 N–H and O–H groups in total. The van der Waals surface area contributed by atoms with Crippen LogP contribution in [-0.2, 0) is 4.79 Å². The number of anilines is 3. The summed E-state index contributed by atoms with van der Waals surface area (Å²) < 4.78 is 10.7. The van der Waals surface area contributed by atoms with Crippen molar-refractivity contribution in [2.45, 2.75) is 6.04 Å². The number of nitriles is 2. The zero-order chi connectivity index (χ0) is 22.7. The van der Waals surface area contributed by atoms with Crippen molar-refractivity contribution in [2.24, 2.45) is 10.7 Å². The van der Waals surface area contributed by atoms with Crippen molar-refractivity contribution in [1.82, 2.24) is 10.3 Å². The molecule has 31 heavy (non-hydrogen) atoms. The first-order chi connectivity index (χ1) is 14.8. The van der Waals surface area contributed by atoms with Crippen LogP contribution in [-0.4, -0.2) is 30.6 Å². The van der Waals surface area contributed by atoms with Gasteiger partial charge in [0.2, 0.25) is 5.96 Å². The van der Waals surface area contributed by atoms with Crippen molar-refractivity contribution in [1.29, 1.82) is 10.5 Å². The Morgan fingerprint density at radius 1 is 1.35 bits per heavy atom. The lowest BCUT2D eigenvalue weighted by atomic mass is 9.94. The summed E-state index contributed by atoms with van der Waals surface area (Å²) in [6, 6.07) is 4.01. The number of guanidine groups is 1. The quantitative estimate of drug-likeness (QED) is 0.321. The van der Waals surface area contributed by atoms with E-state index >= 15 is 0 Å². The number of nitrogens with one attached hydrogen (secondary N) is 2. The van der Waals surface area contributed by atoms with E-state index in [1.165, 1.54) is 19.2 Å². The van der Waals surface area contributed by atoms with Crippen LogP contribution in [0.25, 0.3) is 0 Å². The molecule has 0 aliphatic carbocycles. The number of aliphatic imine (C=N–C) groups is 1. The number of primary amides is 1. The number of hydrogen-bond acceptors (Lipinski definition) is 11. The number of benzene rings is 1. The number of nitrogens with two attached hydrogens (primary N) is 3. The second kappa shape index (κ2) is 8.52. The van der Waals surface area contributed by atoms with Crippen molar-refractivity contribution in [3.8, 4) is 23.8 Å². The van der Waals surface area contributed by atoms with Gasteiger partial charge in [-0.15, -0.1) is 0 Å². The number of ether oxygens (including phenoxy) is 2. The molecule has 0 fully saturated rings. The monoisotopic (exact) mass is 441 g/mol. The van der Waals surface area contributed by atoms with Gasteiger partial charge in [-0.25, -0.2) is 9.98 Å². The minimum Gasteiger partial charge on any atom is -0.493 e. The highest BCUT2D eigenvalue weighted by Gasteiger charge is 2.31. The number of carbonyl (C=O) groups excluding carboxylic acids is 1. The molecular weight excluding hydrogens is 426 g/mol. The molecule has 1 unspecified atom stereocenters. The third-order valence-corrected chi connectivity index (χ3v) is 4.63. The van der Waals surface area contributed by atoms with Crippen LogP contribution in [0.3, 0.4) is 0 Å². The van der Waals surface area contributed by atoms with E-state index < -0.39 is 11.9 Å². The van der Waals surface area contributed by atoms with Crippen LogP contribution in [0.4, 0.5) is 17.3 Å². The lowest BCUT2D eigenvalue weighted by molar-refractivity contribution is -0.119. The summed E-state index contributed by atoms with van der Waals surface area (Å²) in [6.45, 7) is -0.377. The Hall–Kier alpha value is -4.42. The molecule has 1 aliphatic heterocycles. The molecule has 1 aliphatic rings. The topological polar surface area (TPSA) is 210 Å². The summed E-state index contributed by atoms with van der Waals surface area (Å²) in [4.78, 5) is 19.7. The number of nitrogens with zero attached hydrogens (tertiary/aromatic N) is 4. The van der Waals surface area contributed by atoms with E-state index in [9.17, 15) is 10.1 Å². The third kappa shape index (κ3) is 4.01. The highest BCUT2D eigenvalue weighted by Crippen LogP contribution is 2.45. The predicted molar refractivity (Wildman–Crippen MR) is 112 cm³/mol. The predicted octanol–water partition coefficient (Wildman–Crippen LogP) is 0.585. The number of methoxy groups -OCH3 is 1. The Labute approximate surface area is 181 Å². The molecule has 13 heteroatoms. The van der Waals surface area contributed by atoms with E-state index in [0.29, 0.717) is 11.1 Å². The standard InChI is InChI=1S/C18H16ClN9O3/c1-30-10-2-7(9(19)3-11(10)31-5-12(22)29)15-13-14(23)8(4-20)16(24)27-17(13)28-18(26-15)25-6-21/h2-3,15H,5H2,1H3,(H2,22,29)(H6,23,24,25,26,27,28). The molecule has 0 saturated heterocycles. The van der Waals surface area contributed by atoms with Crippen molar-refractivity contribution < 1.29 is 14.3 Å². The molecule has 0 spiro atoms. The number of nitrogen functional groups attached to an aromatic ring is 2. The van der Waals surface area contributed by atoms with Gasteiger partial charge in [0.15, 0.2) is 24.3 Å². The Morgan fingerprint density at radius 3 is 2.71 bits per heavy atom. The summed E-state index contributed by atoms with van der Waals surface area (Å²) in [5, 5.41) is 23.8. The first-order valence-electron chi connectivity index (χ1n) is 8.58. The lowest BCUT2D eigenvalue weighted by Gasteiger charge is -2.27. The number of aromatic nitrogens is 1. The average molecular weight is 442 g/mol. The van der Waals surface area contributed by atoms with Gasteiger partial charge in [-0.05, 0) is 6.07 Å². The second-order valence-electron chi connectivity index (χ2n) is 6.18. The molecule has 1 aromatic carbocycles. The molecule has 1 amide bonds. The van der Waals surface area contributed by atoms with Crippen LogP contribution >= 0.6 is 11.6 Å². The van der Waals surface area contributed by atoms with Crippen molar-refractivity contribution in [3.63, 3.8) is 0 Å². The van der Waals surface area contributed by atoms with Gasteiger partial charge in [-0.2, -0.15) is 10.5 Å². The largest absolute Gasteiger partial charge is 0.493 e. The fraction of sp³-hybridized carbons (Fsp3) is 0.167. The minimum absolute atomic E-state index is 0.0121. The van der Waals surface area contributed by atoms with Gasteiger partial charge >= 0.3 is 0 Å². The van der Waals surface area contributed by atoms with Gasteiger partial charge in [0.25, 0.3) is 5.91 Å². The van der Waals surface area contributed by atoms with Crippen molar-refractivity contribution in [3.05, 3.63) is 33.8 Å². The van der Waals surface area contributed by atoms with Crippen LogP contribution in [0, 0.1) is 22.8 Å². The van der Waals surface area contributed by atoms with Crippen molar-refractivity contribution >= 4 is 40.8 Å². The first-order valence-corrected chi connectivity index (χ1v) is 8.95. The fourth-order valence-electron chi connectivity index (χ4n) is 2.99. The van der Waals surface area contributed by atoms with E-state index in [2.05, 4.69) is 20.6 Å². The number of hydrogen-bond donors (Lipinski definition) is 5. The highest BCUT2D eigenvalue weighted by molar-refractivity contribution is 6.31. The van der Waals surface area contributed by atoms with E-state index in [4.69, 9.17) is 43.5 Å². The maximum Gasteiger partial charge on any atom is 0.255 e. The van der Waals surface area contributed by atoms with Gasteiger partial charge in [-0.1, -0.05) is 11.6 Å². The van der Waals surface area contributed by atoms with Gasteiger partial charge in [-0.3, -0.25) is 10.1 Å². The highest BCUT2D eigenvalue weighted by atomic mass is 35.5. The van der Waals surface area contributed by atoms with Crippen LogP contribution in [0.15, 0.2) is 17.1 Å². The van der Waals surface area contributed by atoms with Crippen LogP contribution in [0.5, 0.6) is 11.5 Å². The molecule has 0 radical (unpaired) electrons. The maximum atomic E-state index is 11.0. The molecule has 3 rings (SSSR count). The van der Waals surface area contributed by atoms with E-state index in [1.54, 1.807) is 6.19 Å². The van der Waals surface area contributed by atoms with Gasteiger partial charge in [0.05, 0.1) is 17.8 Å². The Balaban J connectivity index is 2.21. The van der Waals surface area contributed by atoms with E-state index in [-0.39, 0.29) is 52.0 Å². The second-order valence-corrected chi connectivity index (χ2v) is 6.59. The zero-order valence-corrected chi connectivity index (χ0v) is 16.8. The Kier molecular flexibility index (Phi) is 5.85.